The van der Waals surface area contributed by atoms with E-state index in [1.807, 2.05) is 18.2 Å². The summed E-state index contributed by atoms with van der Waals surface area (Å²) < 4.78 is 0. The SMILES string of the molecule is Cc1[nH]c(=O)c(C#N)c(C)c1CCC(=O)NCc1cccc(CN2CCN(C)CC2)c1. The van der Waals surface area contributed by atoms with Gasteiger partial charge in [-0.3, -0.25) is 14.5 Å². The molecule has 2 heterocycles. The van der Waals surface area contributed by atoms with Gasteiger partial charge in [0.15, 0.2) is 0 Å². The molecule has 31 heavy (non-hydrogen) atoms. The van der Waals surface area contributed by atoms with Gasteiger partial charge in [0, 0.05) is 51.4 Å². The Kier molecular flexibility index (Phi) is 7.61. The van der Waals surface area contributed by atoms with Crippen LogP contribution in [0.5, 0.6) is 0 Å². The number of piperazine rings is 1. The molecule has 1 amide bonds. The molecule has 0 radical (unpaired) electrons. The van der Waals surface area contributed by atoms with E-state index in [0.29, 0.717) is 30.6 Å². The molecule has 1 aliphatic rings. The second-order valence-electron chi connectivity index (χ2n) is 8.35. The van der Waals surface area contributed by atoms with Crippen LogP contribution in [0.1, 0.15) is 39.9 Å². The van der Waals surface area contributed by atoms with E-state index in [-0.39, 0.29) is 17.0 Å². The predicted molar refractivity (Wildman–Crippen MR) is 121 cm³/mol. The second kappa shape index (κ2) is 10.4. The maximum Gasteiger partial charge on any atom is 0.266 e. The molecule has 1 aromatic heterocycles. The lowest BCUT2D eigenvalue weighted by atomic mass is 9.99. The van der Waals surface area contributed by atoms with E-state index in [1.54, 1.807) is 13.8 Å². The van der Waals surface area contributed by atoms with Crippen LogP contribution in [-0.4, -0.2) is 53.9 Å². The molecule has 0 unspecified atom stereocenters. The van der Waals surface area contributed by atoms with Crippen molar-refractivity contribution in [2.45, 2.75) is 39.8 Å². The van der Waals surface area contributed by atoms with Crippen LogP contribution < -0.4 is 10.9 Å². The van der Waals surface area contributed by atoms with Crippen LogP contribution in [-0.2, 0) is 24.3 Å². The minimum Gasteiger partial charge on any atom is -0.352 e. The summed E-state index contributed by atoms with van der Waals surface area (Å²) in [7, 11) is 2.16. The molecule has 0 atom stereocenters. The number of hydrogen-bond acceptors (Lipinski definition) is 5. The smallest absolute Gasteiger partial charge is 0.266 e. The van der Waals surface area contributed by atoms with Crippen LogP contribution in [0.25, 0.3) is 0 Å². The number of nitrogens with one attached hydrogen (secondary N) is 2. The number of carbonyl (C=O) groups excluding carboxylic acids is 1. The van der Waals surface area contributed by atoms with Crippen molar-refractivity contribution in [3.63, 3.8) is 0 Å². The minimum absolute atomic E-state index is 0.0482. The molecular weight excluding hydrogens is 390 g/mol. The number of rotatable bonds is 7. The second-order valence-corrected chi connectivity index (χ2v) is 8.35. The predicted octanol–water partition coefficient (Wildman–Crippen LogP) is 1.86. The Morgan fingerprint density at radius 1 is 1.19 bits per heavy atom. The number of benzene rings is 1. The molecular formula is C24H31N5O2. The Labute approximate surface area is 183 Å². The number of nitriles is 1. The lowest BCUT2D eigenvalue weighted by molar-refractivity contribution is -0.121. The summed E-state index contributed by atoms with van der Waals surface area (Å²) in [6, 6.07) is 10.3. The van der Waals surface area contributed by atoms with Crippen molar-refractivity contribution in [3.8, 4) is 6.07 Å². The fourth-order valence-electron chi connectivity index (χ4n) is 4.05. The van der Waals surface area contributed by atoms with Crippen LogP contribution >= 0.6 is 0 Å². The maximum atomic E-state index is 12.4. The highest BCUT2D eigenvalue weighted by atomic mass is 16.1. The number of likely N-dealkylation sites (N-methyl/N-ethyl adjacent to an activating group) is 1. The van der Waals surface area contributed by atoms with E-state index >= 15 is 0 Å². The molecule has 0 aliphatic carbocycles. The van der Waals surface area contributed by atoms with E-state index in [4.69, 9.17) is 0 Å². The van der Waals surface area contributed by atoms with Gasteiger partial charge < -0.3 is 15.2 Å². The van der Waals surface area contributed by atoms with Gasteiger partial charge >= 0.3 is 0 Å². The topological polar surface area (TPSA) is 92.2 Å². The molecule has 3 rings (SSSR count). The van der Waals surface area contributed by atoms with Gasteiger partial charge in [0.05, 0.1) is 0 Å². The van der Waals surface area contributed by atoms with Gasteiger partial charge in [-0.05, 0) is 49.6 Å². The average molecular weight is 422 g/mol. The molecule has 164 valence electrons. The van der Waals surface area contributed by atoms with Gasteiger partial charge in [-0.15, -0.1) is 0 Å². The monoisotopic (exact) mass is 421 g/mol. The average Bonchev–Trinajstić information content (AvgIpc) is 2.74. The third kappa shape index (κ3) is 6.03. The quantitative estimate of drug-likeness (QED) is 0.712. The first-order valence-corrected chi connectivity index (χ1v) is 10.7. The molecule has 0 spiro atoms. The molecule has 2 N–H and O–H groups in total. The minimum atomic E-state index is -0.373. The van der Waals surface area contributed by atoms with Crippen molar-refractivity contribution in [1.29, 1.82) is 5.26 Å². The van der Waals surface area contributed by atoms with E-state index in [1.165, 1.54) is 5.56 Å². The van der Waals surface area contributed by atoms with Gasteiger partial charge in [-0.1, -0.05) is 24.3 Å². The molecule has 0 bridgehead atoms. The van der Waals surface area contributed by atoms with Crippen molar-refractivity contribution in [2.75, 3.05) is 33.2 Å². The Balaban J connectivity index is 1.52. The number of aromatic nitrogens is 1. The Morgan fingerprint density at radius 2 is 1.90 bits per heavy atom. The Bertz CT molecular complexity index is 1030. The first kappa shape index (κ1) is 22.7. The molecule has 1 fully saturated rings. The summed E-state index contributed by atoms with van der Waals surface area (Å²) in [5.41, 5.74) is 4.34. The fraction of sp³-hybridized carbons (Fsp3) is 0.458. The Hall–Kier alpha value is -2.95. The van der Waals surface area contributed by atoms with Crippen LogP contribution in [0, 0.1) is 25.2 Å². The van der Waals surface area contributed by atoms with Gasteiger partial charge in [-0.25, -0.2) is 0 Å². The summed E-state index contributed by atoms with van der Waals surface area (Å²) in [5.74, 6) is -0.0482. The molecule has 1 aromatic carbocycles. The van der Waals surface area contributed by atoms with Gasteiger partial charge in [0.25, 0.3) is 5.56 Å². The largest absolute Gasteiger partial charge is 0.352 e. The summed E-state index contributed by atoms with van der Waals surface area (Å²) >= 11 is 0. The maximum absolute atomic E-state index is 12.4. The van der Waals surface area contributed by atoms with Crippen molar-refractivity contribution in [1.82, 2.24) is 20.1 Å². The standard InChI is InChI=1S/C24H31N5O2/c1-17-21(18(2)27-24(31)22(17)14-25)7-8-23(30)26-15-19-5-4-6-20(13-19)16-29-11-9-28(3)10-12-29/h4-6,13H,7-12,15-16H2,1-3H3,(H,26,30)(H,27,31). The molecule has 1 aliphatic heterocycles. The number of hydrogen-bond donors (Lipinski definition) is 2. The van der Waals surface area contributed by atoms with E-state index < -0.39 is 0 Å². The van der Waals surface area contributed by atoms with Crippen LogP contribution in [0.15, 0.2) is 29.1 Å². The molecule has 2 aromatic rings. The summed E-state index contributed by atoms with van der Waals surface area (Å²) in [4.78, 5) is 31.8. The fourth-order valence-corrected chi connectivity index (χ4v) is 4.05. The Morgan fingerprint density at radius 3 is 2.61 bits per heavy atom. The highest BCUT2D eigenvalue weighted by molar-refractivity contribution is 5.76. The van der Waals surface area contributed by atoms with E-state index in [0.717, 1.165) is 43.9 Å². The van der Waals surface area contributed by atoms with E-state index in [2.05, 4.69) is 39.3 Å². The number of amides is 1. The zero-order valence-electron chi connectivity index (χ0n) is 18.6. The molecule has 7 heteroatoms. The van der Waals surface area contributed by atoms with Gasteiger partial charge in [-0.2, -0.15) is 5.26 Å². The van der Waals surface area contributed by atoms with Crippen molar-refractivity contribution >= 4 is 5.91 Å². The third-order valence-corrected chi connectivity index (χ3v) is 6.01. The summed E-state index contributed by atoms with van der Waals surface area (Å²) in [6.45, 7) is 9.33. The first-order valence-electron chi connectivity index (χ1n) is 10.7. The van der Waals surface area contributed by atoms with Crippen LogP contribution in [0.3, 0.4) is 0 Å². The third-order valence-electron chi connectivity index (χ3n) is 6.01. The van der Waals surface area contributed by atoms with Crippen molar-refractivity contribution in [3.05, 3.63) is 68.1 Å². The number of aryl methyl sites for hydroxylation is 1. The molecule has 7 nitrogen and oxygen atoms in total. The zero-order valence-corrected chi connectivity index (χ0v) is 18.6. The number of nitrogens with zero attached hydrogens (tertiary/aromatic N) is 3. The summed E-state index contributed by atoms with van der Waals surface area (Å²) in [6.07, 6.45) is 0.790. The molecule has 1 saturated heterocycles. The number of aromatic amines is 1. The highest BCUT2D eigenvalue weighted by Crippen LogP contribution is 2.15. The first-order chi connectivity index (χ1) is 14.9. The van der Waals surface area contributed by atoms with Crippen LogP contribution in [0.4, 0.5) is 0 Å². The normalized spacial score (nSPS) is 14.9. The number of pyridine rings is 1. The number of carbonyl (C=O) groups is 1. The van der Waals surface area contributed by atoms with Gasteiger partial charge in [0.1, 0.15) is 11.6 Å². The highest BCUT2D eigenvalue weighted by Gasteiger charge is 2.15. The van der Waals surface area contributed by atoms with Gasteiger partial charge in [0.2, 0.25) is 5.91 Å². The zero-order chi connectivity index (χ0) is 22.4. The lowest BCUT2D eigenvalue weighted by Gasteiger charge is -2.32. The molecule has 0 saturated carbocycles. The summed E-state index contributed by atoms with van der Waals surface area (Å²) in [5, 5.41) is 12.2. The van der Waals surface area contributed by atoms with Crippen molar-refractivity contribution < 1.29 is 4.79 Å². The lowest BCUT2D eigenvalue weighted by Crippen LogP contribution is -2.43. The number of H-pyrrole nitrogens is 1. The van der Waals surface area contributed by atoms with Crippen LogP contribution in [0.2, 0.25) is 0 Å². The van der Waals surface area contributed by atoms with Crippen molar-refractivity contribution in [2.24, 2.45) is 0 Å². The van der Waals surface area contributed by atoms with E-state index in [9.17, 15) is 14.9 Å².